The molecule has 0 radical (unpaired) electrons. The molecule has 0 saturated heterocycles. The average molecular weight is 300 g/mol. The van der Waals surface area contributed by atoms with E-state index in [1.165, 1.54) is 4.90 Å². The highest BCUT2D eigenvalue weighted by molar-refractivity contribution is 6.32. The summed E-state index contributed by atoms with van der Waals surface area (Å²) in [5.41, 5.74) is 0. The normalized spacial score (nSPS) is 11.8. The molecule has 0 aliphatic carbocycles. The standard InChI is InChI=1S/C14H18ClNO4/c1-3-11(14(19)16(4-2)9-13(17)18)20-12-8-6-5-7-10(12)15/h5-8,11H,3-4,9H2,1-2H3,(H,17,18). The largest absolute Gasteiger partial charge is 0.480 e. The van der Waals surface area contributed by atoms with E-state index in [2.05, 4.69) is 0 Å². The number of carboxylic acids is 1. The molecule has 0 aromatic heterocycles. The zero-order valence-electron chi connectivity index (χ0n) is 11.5. The first-order chi connectivity index (χ1) is 9.49. The van der Waals surface area contributed by atoms with E-state index in [1.54, 1.807) is 38.1 Å². The van der Waals surface area contributed by atoms with E-state index in [9.17, 15) is 9.59 Å². The van der Waals surface area contributed by atoms with Crippen LogP contribution in [-0.2, 0) is 9.59 Å². The highest BCUT2D eigenvalue weighted by Crippen LogP contribution is 2.25. The van der Waals surface area contributed by atoms with Crippen LogP contribution in [-0.4, -0.2) is 41.1 Å². The number of para-hydroxylation sites is 1. The molecule has 1 aromatic rings. The van der Waals surface area contributed by atoms with Gasteiger partial charge in [-0.25, -0.2) is 0 Å². The Morgan fingerprint density at radius 1 is 1.35 bits per heavy atom. The maximum atomic E-state index is 12.3. The Morgan fingerprint density at radius 2 is 2.00 bits per heavy atom. The monoisotopic (exact) mass is 299 g/mol. The predicted octanol–water partition coefficient (Wildman–Crippen LogP) is 2.43. The number of hydrogen-bond acceptors (Lipinski definition) is 3. The predicted molar refractivity (Wildman–Crippen MR) is 76.0 cm³/mol. The minimum atomic E-state index is -1.05. The van der Waals surface area contributed by atoms with Crippen molar-refractivity contribution in [2.24, 2.45) is 0 Å². The third-order valence-electron chi connectivity index (χ3n) is 2.77. The van der Waals surface area contributed by atoms with Crippen molar-refractivity contribution < 1.29 is 19.4 Å². The molecule has 0 aliphatic heterocycles. The fourth-order valence-electron chi connectivity index (χ4n) is 1.71. The molecule has 1 N–H and O–H groups in total. The maximum absolute atomic E-state index is 12.3. The van der Waals surface area contributed by atoms with E-state index in [4.69, 9.17) is 21.4 Å². The quantitative estimate of drug-likeness (QED) is 0.839. The number of carbonyl (C=O) groups is 2. The molecule has 0 aliphatic rings. The van der Waals surface area contributed by atoms with Gasteiger partial charge in [-0.05, 0) is 25.5 Å². The number of rotatable bonds is 7. The minimum absolute atomic E-state index is 0.313. The van der Waals surface area contributed by atoms with Crippen LogP contribution in [0.1, 0.15) is 20.3 Å². The lowest BCUT2D eigenvalue weighted by molar-refractivity contribution is -0.147. The number of likely N-dealkylation sites (N-methyl/N-ethyl adjacent to an activating group) is 1. The lowest BCUT2D eigenvalue weighted by Crippen LogP contribution is -2.44. The van der Waals surface area contributed by atoms with E-state index in [1.807, 2.05) is 0 Å². The molecule has 0 heterocycles. The fraction of sp³-hybridized carbons (Fsp3) is 0.429. The SMILES string of the molecule is CCC(Oc1ccccc1Cl)C(=O)N(CC)CC(=O)O. The van der Waals surface area contributed by atoms with Crippen LogP contribution in [0.5, 0.6) is 5.75 Å². The minimum Gasteiger partial charge on any atom is -0.480 e. The Hall–Kier alpha value is -1.75. The molecule has 1 aromatic carbocycles. The van der Waals surface area contributed by atoms with E-state index >= 15 is 0 Å². The van der Waals surface area contributed by atoms with E-state index in [0.29, 0.717) is 23.7 Å². The Balaban J connectivity index is 2.82. The highest BCUT2D eigenvalue weighted by atomic mass is 35.5. The van der Waals surface area contributed by atoms with E-state index in [0.717, 1.165) is 0 Å². The zero-order chi connectivity index (χ0) is 15.1. The van der Waals surface area contributed by atoms with Gasteiger partial charge in [0.15, 0.2) is 6.10 Å². The summed E-state index contributed by atoms with van der Waals surface area (Å²) in [6, 6.07) is 6.86. The third kappa shape index (κ3) is 4.42. The van der Waals surface area contributed by atoms with Crippen molar-refractivity contribution in [2.45, 2.75) is 26.4 Å². The van der Waals surface area contributed by atoms with Crippen molar-refractivity contribution in [2.75, 3.05) is 13.1 Å². The summed E-state index contributed by atoms with van der Waals surface area (Å²) in [7, 11) is 0. The van der Waals surface area contributed by atoms with Crippen LogP contribution < -0.4 is 4.74 Å². The topological polar surface area (TPSA) is 66.8 Å². The first-order valence-corrected chi connectivity index (χ1v) is 6.79. The van der Waals surface area contributed by atoms with Crippen molar-refractivity contribution in [3.8, 4) is 5.75 Å². The van der Waals surface area contributed by atoms with Gasteiger partial charge in [-0.2, -0.15) is 0 Å². The molecule has 1 atom stereocenters. The highest BCUT2D eigenvalue weighted by Gasteiger charge is 2.25. The number of carboxylic acid groups (broad SMARTS) is 1. The van der Waals surface area contributed by atoms with Gasteiger partial charge in [0, 0.05) is 6.54 Å². The summed E-state index contributed by atoms with van der Waals surface area (Å²) in [5.74, 6) is -0.981. The molecular formula is C14H18ClNO4. The van der Waals surface area contributed by atoms with Crippen LogP contribution in [0.25, 0.3) is 0 Å². The van der Waals surface area contributed by atoms with Crippen molar-refractivity contribution in [1.29, 1.82) is 0 Å². The Labute approximate surface area is 123 Å². The maximum Gasteiger partial charge on any atom is 0.323 e. The molecule has 1 amide bonds. The first-order valence-electron chi connectivity index (χ1n) is 6.41. The van der Waals surface area contributed by atoms with Crippen LogP contribution in [0.15, 0.2) is 24.3 Å². The number of hydrogen-bond donors (Lipinski definition) is 1. The molecule has 1 rings (SSSR count). The second kappa shape index (κ2) is 7.75. The number of ether oxygens (including phenoxy) is 1. The third-order valence-corrected chi connectivity index (χ3v) is 3.08. The van der Waals surface area contributed by atoms with Crippen molar-refractivity contribution in [3.05, 3.63) is 29.3 Å². The molecular weight excluding hydrogens is 282 g/mol. The molecule has 1 unspecified atom stereocenters. The Kier molecular flexibility index (Phi) is 6.31. The van der Waals surface area contributed by atoms with Crippen LogP contribution >= 0.6 is 11.6 Å². The number of halogens is 1. The van der Waals surface area contributed by atoms with Gasteiger partial charge in [-0.1, -0.05) is 30.7 Å². The smallest absolute Gasteiger partial charge is 0.323 e. The number of amides is 1. The van der Waals surface area contributed by atoms with Crippen LogP contribution in [0, 0.1) is 0 Å². The first kappa shape index (κ1) is 16.3. The van der Waals surface area contributed by atoms with Gasteiger partial charge in [0.2, 0.25) is 0 Å². The molecule has 5 nitrogen and oxygen atoms in total. The number of carbonyl (C=O) groups excluding carboxylic acids is 1. The molecule has 6 heteroatoms. The molecule has 0 bridgehead atoms. The summed E-state index contributed by atoms with van der Waals surface area (Å²) >= 11 is 5.98. The fourth-order valence-corrected chi connectivity index (χ4v) is 1.89. The Bertz CT molecular complexity index is 478. The second-order valence-electron chi connectivity index (χ2n) is 4.19. The van der Waals surface area contributed by atoms with Gasteiger partial charge in [-0.15, -0.1) is 0 Å². The average Bonchev–Trinajstić information content (AvgIpc) is 2.43. The number of benzene rings is 1. The zero-order valence-corrected chi connectivity index (χ0v) is 12.3. The van der Waals surface area contributed by atoms with E-state index < -0.39 is 12.1 Å². The van der Waals surface area contributed by atoms with Gasteiger partial charge in [0.05, 0.1) is 5.02 Å². The lowest BCUT2D eigenvalue weighted by Gasteiger charge is -2.25. The summed E-state index contributed by atoms with van der Waals surface area (Å²) in [5, 5.41) is 9.21. The van der Waals surface area contributed by atoms with Gasteiger partial charge in [0.25, 0.3) is 5.91 Å². The van der Waals surface area contributed by atoms with Crippen LogP contribution in [0.2, 0.25) is 5.02 Å². The lowest BCUT2D eigenvalue weighted by atomic mass is 10.2. The summed E-state index contributed by atoms with van der Waals surface area (Å²) in [6.45, 7) is 3.50. The van der Waals surface area contributed by atoms with Crippen LogP contribution in [0.3, 0.4) is 0 Å². The summed E-state index contributed by atoms with van der Waals surface area (Å²) < 4.78 is 5.60. The molecule has 0 fully saturated rings. The van der Waals surface area contributed by atoms with Gasteiger partial charge in [-0.3, -0.25) is 9.59 Å². The number of aliphatic carboxylic acids is 1. The van der Waals surface area contributed by atoms with Gasteiger partial charge >= 0.3 is 5.97 Å². The molecule has 0 saturated carbocycles. The summed E-state index contributed by atoms with van der Waals surface area (Å²) in [6.07, 6.45) is -0.311. The van der Waals surface area contributed by atoms with Crippen molar-refractivity contribution in [1.82, 2.24) is 4.90 Å². The van der Waals surface area contributed by atoms with Gasteiger partial charge in [0.1, 0.15) is 12.3 Å². The molecule has 20 heavy (non-hydrogen) atoms. The van der Waals surface area contributed by atoms with Crippen LogP contribution in [0.4, 0.5) is 0 Å². The summed E-state index contributed by atoms with van der Waals surface area (Å²) in [4.78, 5) is 24.2. The number of nitrogens with zero attached hydrogens (tertiary/aromatic N) is 1. The van der Waals surface area contributed by atoms with E-state index in [-0.39, 0.29) is 12.5 Å². The molecule has 110 valence electrons. The van der Waals surface area contributed by atoms with Gasteiger partial charge < -0.3 is 14.7 Å². The second-order valence-corrected chi connectivity index (χ2v) is 4.60. The van der Waals surface area contributed by atoms with Crippen molar-refractivity contribution >= 4 is 23.5 Å². The Morgan fingerprint density at radius 3 is 2.50 bits per heavy atom. The molecule has 0 spiro atoms. The van der Waals surface area contributed by atoms with Crippen molar-refractivity contribution in [3.63, 3.8) is 0 Å².